The molecule has 1 aromatic carbocycles. The summed E-state index contributed by atoms with van der Waals surface area (Å²) in [7, 11) is -3.95. The maximum Gasteiger partial charge on any atom is 0.283 e. The van der Waals surface area contributed by atoms with Crippen molar-refractivity contribution >= 4 is 27.5 Å². The van der Waals surface area contributed by atoms with E-state index in [0.29, 0.717) is 37.3 Å². The molecule has 4 rings (SSSR count). The second-order valence-electron chi connectivity index (χ2n) is 9.14. The zero-order valence-corrected chi connectivity index (χ0v) is 19.2. The topological polar surface area (TPSA) is 82.9 Å². The molecule has 0 saturated carbocycles. The normalized spacial score (nSPS) is 23.2. The van der Waals surface area contributed by atoms with Crippen LogP contribution in [0, 0.1) is 5.82 Å². The summed E-state index contributed by atoms with van der Waals surface area (Å²) in [5, 5.41) is -1.10. The van der Waals surface area contributed by atoms with Gasteiger partial charge >= 0.3 is 0 Å². The van der Waals surface area contributed by atoms with E-state index >= 15 is 0 Å². The predicted molar refractivity (Wildman–Crippen MR) is 122 cm³/mol. The van der Waals surface area contributed by atoms with Crippen molar-refractivity contribution in [3.05, 3.63) is 60.0 Å². The number of benzene rings is 1. The van der Waals surface area contributed by atoms with Gasteiger partial charge in [0.15, 0.2) is 5.25 Å². The summed E-state index contributed by atoms with van der Waals surface area (Å²) in [6.07, 6.45) is 2.48. The molecule has 2 fully saturated rings. The Hall–Kier alpha value is -2.81. The number of nitrogens with zero attached hydrogens (tertiary/aromatic N) is 4. The van der Waals surface area contributed by atoms with Crippen molar-refractivity contribution in [2.24, 2.45) is 4.99 Å². The molecule has 2 aromatic rings. The molecule has 0 bridgehead atoms. The second kappa shape index (κ2) is 8.27. The summed E-state index contributed by atoms with van der Waals surface area (Å²) in [6, 6.07) is 11.6. The Bertz CT molecular complexity index is 1120. The quantitative estimate of drug-likeness (QED) is 0.705. The van der Waals surface area contributed by atoms with Crippen molar-refractivity contribution in [1.82, 2.24) is 9.29 Å². The zero-order valence-electron chi connectivity index (χ0n) is 18.4. The predicted octanol–water partition coefficient (Wildman–Crippen LogP) is 3.34. The molecule has 2 aliphatic rings. The van der Waals surface area contributed by atoms with E-state index in [2.05, 4.69) is 4.98 Å². The molecule has 0 aliphatic carbocycles. The summed E-state index contributed by atoms with van der Waals surface area (Å²) in [4.78, 5) is 24.2. The number of amides is 1. The molecule has 2 saturated heterocycles. The summed E-state index contributed by atoms with van der Waals surface area (Å²) in [5.74, 6) is -0.238. The van der Waals surface area contributed by atoms with Crippen molar-refractivity contribution in [2.45, 2.75) is 50.4 Å². The van der Waals surface area contributed by atoms with E-state index in [0.717, 1.165) is 4.31 Å². The van der Waals surface area contributed by atoms with Crippen molar-refractivity contribution in [3.8, 4) is 0 Å². The van der Waals surface area contributed by atoms with Crippen LogP contribution in [-0.2, 0) is 14.8 Å². The first kappa shape index (κ1) is 22.4. The standard InChI is InChI=1S/C23H27FN4O3S/c1-23(2,3)28-22(29)20(21(32(28,30)31)16-7-5-4-6-8-16)26-18-11-13-27(14-12-18)19-10-9-17(24)15-25-19/h4-10,15,18,21H,11-14H2,1-3H3. The van der Waals surface area contributed by atoms with Crippen LogP contribution in [0.15, 0.2) is 53.7 Å². The molecular formula is C23H27FN4O3S. The van der Waals surface area contributed by atoms with Crippen molar-refractivity contribution in [1.29, 1.82) is 0 Å². The van der Waals surface area contributed by atoms with Gasteiger partial charge in [-0.1, -0.05) is 30.3 Å². The van der Waals surface area contributed by atoms with Crippen LogP contribution in [0.25, 0.3) is 0 Å². The Balaban J connectivity index is 1.63. The number of anilines is 1. The number of piperidine rings is 1. The highest BCUT2D eigenvalue weighted by Gasteiger charge is 2.54. The van der Waals surface area contributed by atoms with E-state index in [1.165, 1.54) is 12.3 Å². The number of carbonyl (C=O) groups excluding carboxylic acids is 1. The Labute approximate surface area is 188 Å². The van der Waals surface area contributed by atoms with Gasteiger partial charge in [0.2, 0.25) is 0 Å². The molecule has 1 atom stereocenters. The molecule has 1 amide bonds. The van der Waals surface area contributed by atoms with Gasteiger partial charge in [-0.15, -0.1) is 0 Å². The minimum Gasteiger partial charge on any atom is -0.356 e. The molecule has 0 radical (unpaired) electrons. The lowest BCUT2D eigenvalue weighted by Crippen LogP contribution is -2.45. The third-order valence-electron chi connectivity index (χ3n) is 5.74. The van der Waals surface area contributed by atoms with E-state index < -0.39 is 26.7 Å². The third-order valence-corrected chi connectivity index (χ3v) is 8.05. The molecule has 32 heavy (non-hydrogen) atoms. The van der Waals surface area contributed by atoms with Gasteiger partial charge in [-0.2, -0.15) is 0 Å². The summed E-state index contributed by atoms with van der Waals surface area (Å²) in [6.45, 7) is 6.41. The van der Waals surface area contributed by atoms with Crippen molar-refractivity contribution in [3.63, 3.8) is 0 Å². The van der Waals surface area contributed by atoms with Crippen LogP contribution in [0.4, 0.5) is 10.2 Å². The average molecular weight is 459 g/mol. The minimum atomic E-state index is -3.95. The number of aromatic nitrogens is 1. The highest BCUT2D eigenvalue weighted by Crippen LogP contribution is 2.39. The van der Waals surface area contributed by atoms with Crippen LogP contribution in [0.5, 0.6) is 0 Å². The lowest BCUT2D eigenvalue weighted by atomic mass is 10.0. The smallest absolute Gasteiger partial charge is 0.283 e. The van der Waals surface area contributed by atoms with Crippen LogP contribution >= 0.6 is 0 Å². The van der Waals surface area contributed by atoms with Crippen molar-refractivity contribution < 1.29 is 17.6 Å². The van der Waals surface area contributed by atoms with Gasteiger partial charge < -0.3 is 4.90 Å². The van der Waals surface area contributed by atoms with Gasteiger partial charge in [-0.25, -0.2) is 22.1 Å². The van der Waals surface area contributed by atoms with Crippen LogP contribution < -0.4 is 4.90 Å². The van der Waals surface area contributed by atoms with Gasteiger partial charge in [0.05, 0.1) is 17.8 Å². The molecule has 1 aromatic heterocycles. The molecular weight excluding hydrogens is 431 g/mol. The van der Waals surface area contributed by atoms with Gasteiger partial charge in [0, 0.05) is 13.1 Å². The Kier molecular flexibility index (Phi) is 5.79. The highest BCUT2D eigenvalue weighted by atomic mass is 32.2. The number of hydrogen-bond acceptors (Lipinski definition) is 6. The lowest BCUT2D eigenvalue weighted by molar-refractivity contribution is -0.122. The Morgan fingerprint density at radius 2 is 1.72 bits per heavy atom. The fourth-order valence-corrected chi connectivity index (χ4v) is 6.56. The van der Waals surface area contributed by atoms with Crippen LogP contribution in [0.3, 0.4) is 0 Å². The number of rotatable bonds is 3. The van der Waals surface area contributed by atoms with E-state index in [-0.39, 0.29) is 17.6 Å². The number of carbonyl (C=O) groups is 1. The van der Waals surface area contributed by atoms with Crippen molar-refractivity contribution in [2.75, 3.05) is 18.0 Å². The molecule has 170 valence electrons. The second-order valence-corrected chi connectivity index (χ2v) is 11.0. The summed E-state index contributed by atoms with van der Waals surface area (Å²) < 4.78 is 41.0. The number of pyridine rings is 1. The SMILES string of the molecule is CC(C)(C)N1C(=O)C(=NC2CCN(c3ccc(F)cn3)CC2)C(c2ccccc2)S1(=O)=O. The van der Waals surface area contributed by atoms with E-state index in [9.17, 15) is 17.6 Å². The maximum atomic E-state index is 13.4. The average Bonchev–Trinajstić information content (AvgIpc) is 2.94. The van der Waals surface area contributed by atoms with Crippen LogP contribution in [-0.4, -0.2) is 54.0 Å². The number of aliphatic imine (C=N–C) groups is 1. The number of hydrogen-bond donors (Lipinski definition) is 0. The number of sulfonamides is 1. The summed E-state index contributed by atoms with van der Waals surface area (Å²) >= 11 is 0. The first-order valence-electron chi connectivity index (χ1n) is 10.7. The molecule has 1 unspecified atom stereocenters. The van der Waals surface area contributed by atoms with E-state index in [1.54, 1.807) is 51.1 Å². The Morgan fingerprint density at radius 3 is 2.28 bits per heavy atom. The molecule has 3 heterocycles. The molecule has 7 nitrogen and oxygen atoms in total. The maximum absolute atomic E-state index is 13.4. The summed E-state index contributed by atoms with van der Waals surface area (Å²) in [5.41, 5.74) is -0.263. The number of halogens is 1. The largest absolute Gasteiger partial charge is 0.356 e. The first-order chi connectivity index (χ1) is 15.1. The van der Waals surface area contributed by atoms with E-state index in [4.69, 9.17) is 4.99 Å². The van der Waals surface area contributed by atoms with Gasteiger partial charge in [-0.3, -0.25) is 9.79 Å². The molecule has 0 N–H and O–H groups in total. The Morgan fingerprint density at radius 1 is 1.06 bits per heavy atom. The van der Waals surface area contributed by atoms with Gasteiger partial charge in [0.1, 0.15) is 17.3 Å². The monoisotopic (exact) mass is 458 g/mol. The fourth-order valence-electron chi connectivity index (χ4n) is 4.32. The minimum absolute atomic E-state index is 0.0875. The zero-order chi connectivity index (χ0) is 23.1. The first-order valence-corrected chi connectivity index (χ1v) is 12.2. The molecule has 0 spiro atoms. The fraction of sp³-hybridized carbons (Fsp3) is 0.435. The van der Waals surface area contributed by atoms with Crippen LogP contribution in [0.1, 0.15) is 44.4 Å². The van der Waals surface area contributed by atoms with Gasteiger partial charge in [-0.05, 0) is 51.3 Å². The highest BCUT2D eigenvalue weighted by molar-refractivity contribution is 7.91. The molecule has 2 aliphatic heterocycles. The van der Waals surface area contributed by atoms with E-state index in [1.807, 2.05) is 11.0 Å². The molecule has 9 heteroatoms. The van der Waals surface area contributed by atoms with Crippen LogP contribution in [0.2, 0.25) is 0 Å². The van der Waals surface area contributed by atoms with Gasteiger partial charge in [0.25, 0.3) is 15.9 Å². The third kappa shape index (κ3) is 4.13. The lowest BCUT2D eigenvalue weighted by Gasteiger charge is -2.31.